The molecule has 0 saturated carbocycles. The van der Waals surface area contributed by atoms with Crippen LogP contribution in [0.4, 0.5) is 0 Å². The van der Waals surface area contributed by atoms with Gasteiger partial charge in [-0.3, -0.25) is 4.79 Å². The number of hydrogen-bond donors (Lipinski definition) is 3. The molecule has 1 rings (SSSR count). The van der Waals surface area contributed by atoms with Crippen molar-refractivity contribution < 1.29 is 20.1 Å². The van der Waals surface area contributed by atoms with Gasteiger partial charge in [-0.15, -0.1) is 0 Å². The van der Waals surface area contributed by atoms with Gasteiger partial charge in [0.15, 0.2) is 0 Å². The molecule has 0 heterocycles. The fourth-order valence-corrected chi connectivity index (χ4v) is 2.09. The van der Waals surface area contributed by atoms with E-state index in [0.717, 1.165) is 0 Å². The van der Waals surface area contributed by atoms with Crippen LogP contribution >= 0.6 is 0 Å². The van der Waals surface area contributed by atoms with Crippen LogP contribution in [0.2, 0.25) is 0 Å². The van der Waals surface area contributed by atoms with Crippen LogP contribution in [0.1, 0.15) is 44.2 Å². The van der Waals surface area contributed by atoms with Gasteiger partial charge in [0.2, 0.25) is 0 Å². The van der Waals surface area contributed by atoms with Crippen LogP contribution in [0, 0.1) is 6.92 Å². The van der Waals surface area contributed by atoms with Gasteiger partial charge < -0.3 is 15.3 Å². The fourth-order valence-electron chi connectivity index (χ4n) is 2.09. The molecule has 4 heteroatoms. The smallest absolute Gasteiger partial charge is 0.303 e. The van der Waals surface area contributed by atoms with Crippen molar-refractivity contribution in [2.75, 3.05) is 0 Å². The first kappa shape index (κ1) is 14.4. The van der Waals surface area contributed by atoms with Crippen LogP contribution in [0.25, 0.3) is 0 Å². The van der Waals surface area contributed by atoms with Gasteiger partial charge in [0.1, 0.15) is 11.5 Å². The number of aliphatic carboxylic acids is 1. The monoisotopic (exact) mass is 252 g/mol. The van der Waals surface area contributed by atoms with E-state index in [0.29, 0.717) is 24.0 Å². The van der Waals surface area contributed by atoms with Crippen molar-refractivity contribution in [3.63, 3.8) is 0 Å². The lowest BCUT2D eigenvalue weighted by molar-refractivity contribution is -0.137. The van der Waals surface area contributed by atoms with Gasteiger partial charge >= 0.3 is 5.97 Å². The molecule has 0 aliphatic carbocycles. The van der Waals surface area contributed by atoms with Crippen LogP contribution in [-0.4, -0.2) is 21.3 Å². The number of carboxylic acid groups (broad SMARTS) is 1. The summed E-state index contributed by atoms with van der Waals surface area (Å²) in [6.45, 7) is 5.59. The van der Waals surface area contributed by atoms with E-state index in [1.165, 1.54) is 6.07 Å². The number of carbonyl (C=O) groups is 1. The second kappa shape index (κ2) is 5.29. The fraction of sp³-hybridized carbons (Fsp3) is 0.500. The molecule has 3 N–H and O–H groups in total. The summed E-state index contributed by atoms with van der Waals surface area (Å²) in [6.07, 6.45) is 1.29. The maximum atomic E-state index is 10.5. The Balaban J connectivity index is 2.93. The van der Waals surface area contributed by atoms with Crippen molar-refractivity contribution in [1.29, 1.82) is 0 Å². The van der Waals surface area contributed by atoms with Crippen LogP contribution in [-0.2, 0) is 10.2 Å². The highest BCUT2D eigenvalue weighted by Gasteiger charge is 2.25. The van der Waals surface area contributed by atoms with E-state index in [-0.39, 0.29) is 23.3 Å². The Hall–Kier alpha value is -1.71. The van der Waals surface area contributed by atoms with E-state index >= 15 is 0 Å². The molecule has 0 aliphatic heterocycles. The molecular formula is C14H20O4. The molecule has 100 valence electrons. The highest BCUT2D eigenvalue weighted by Crippen LogP contribution is 2.39. The van der Waals surface area contributed by atoms with Crippen molar-refractivity contribution in [1.82, 2.24) is 0 Å². The second-order valence-electron chi connectivity index (χ2n) is 5.29. The maximum absolute atomic E-state index is 10.5. The molecule has 0 fully saturated rings. The molecule has 4 nitrogen and oxygen atoms in total. The quantitative estimate of drug-likeness (QED) is 0.704. The molecule has 18 heavy (non-hydrogen) atoms. The lowest BCUT2D eigenvalue weighted by Crippen LogP contribution is -2.18. The van der Waals surface area contributed by atoms with Gasteiger partial charge in [-0.05, 0) is 42.9 Å². The predicted octanol–water partition coefficient (Wildman–Crippen LogP) is 2.94. The largest absolute Gasteiger partial charge is 0.508 e. The SMILES string of the molecule is Cc1cc(O)cc(C(C)(C)CCCC(=O)O)c1O. The molecule has 1 aromatic rings. The minimum atomic E-state index is -0.817. The Bertz CT molecular complexity index is 449. The van der Waals surface area contributed by atoms with Crippen LogP contribution in [0.15, 0.2) is 12.1 Å². The number of rotatable bonds is 5. The number of benzene rings is 1. The number of hydrogen-bond acceptors (Lipinski definition) is 3. The van der Waals surface area contributed by atoms with E-state index in [9.17, 15) is 15.0 Å². The third kappa shape index (κ3) is 3.39. The van der Waals surface area contributed by atoms with Crippen molar-refractivity contribution >= 4 is 5.97 Å². The molecule has 0 bridgehead atoms. The van der Waals surface area contributed by atoms with Crippen molar-refractivity contribution in [3.8, 4) is 11.5 Å². The Labute approximate surface area is 107 Å². The Morgan fingerprint density at radius 3 is 2.44 bits per heavy atom. The summed E-state index contributed by atoms with van der Waals surface area (Å²) >= 11 is 0. The molecule has 0 atom stereocenters. The summed E-state index contributed by atoms with van der Waals surface area (Å²) in [5, 5.41) is 28.3. The number of phenolic OH excluding ortho intramolecular Hbond substituents is 2. The predicted molar refractivity (Wildman–Crippen MR) is 69.0 cm³/mol. The lowest BCUT2D eigenvalue weighted by atomic mass is 9.79. The van der Waals surface area contributed by atoms with Gasteiger partial charge in [-0.2, -0.15) is 0 Å². The highest BCUT2D eigenvalue weighted by atomic mass is 16.4. The first-order valence-corrected chi connectivity index (χ1v) is 5.99. The minimum absolute atomic E-state index is 0.113. The van der Waals surface area contributed by atoms with Gasteiger partial charge in [0.05, 0.1) is 0 Å². The first-order chi connectivity index (χ1) is 8.24. The van der Waals surface area contributed by atoms with E-state index < -0.39 is 5.97 Å². The van der Waals surface area contributed by atoms with Crippen LogP contribution in [0.5, 0.6) is 11.5 Å². The van der Waals surface area contributed by atoms with Gasteiger partial charge in [0.25, 0.3) is 0 Å². The summed E-state index contributed by atoms with van der Waals surface area (Å²) in [6, 6.07) is 3.05. The zero-order chi connectivity index (χ0) is 13.9. The molecular weight excluding hydrogens is 232 g/mol. The molecule has 0 amide bonds. The summed E-state index contributed by atoms with van der Waals surface area (Å²) in [4.78, 5) is 10.5. The summed E-state index contributed by atoms with van der Waals surface area (Å²) in [7, 11) is 0. The van der Waals surface area contributed by atoms with E-state index in [4.69, 9.17) is 5.11 Å². The topological polar surface area (TPSA) is 77.8 Å². The lowest BCUT2D eigenvalue weighted by Gasteiger charge is -2.26. The van der Waals surface area contributed by atoms with Gasteiger partial charge in [-0.25, -0.2) is 0 Å². The van der Waals surface area contributed by atoms with Crippen LogP contribution < -0.4 is 0 Å². The molecule has 1 aromatic carbocycles. The molecule has 0 aromatic heterocycles. The molecule has 0 unspecified atom stereocenters. The maximum Gasteiger partial charge on any atom is 0.303 e. The standard InChI is InChI=1S/C14H20O4/c1-9-7-10(15)8-11(13(9)18)14(2,3)6-4-5-12(16)17/h7-8,15,18H,4-6H2,1-3H3,(H,16,17). The van der Waals surface area contributed by atoms with Gasteiger partial charge in [-0.1, -0.05) is 13.8 Å². The summed E-state index contributed by atoms with van der Waals surface area (Å²) in [5.74, 6) is -0.526. The van der Waals surface area contributed by atoms with Crippen LogP contribution in [0.3, 0.4) is 0 Å². The second-order valence-corrected chi connectivity index (χ2v) is 5.29. The highest BCUT2D eigenvalue weighted by molar-refractivity contribution is 5.66. The normalized spacial score (nSPS) is 11.5. The third-order valence-electron chi connectivity index (χ3n) is 3.21. The summed E-state index contributed by atoms with van der Waals surface area (Å²) < 4.78 is 0. The molecule has 0 spiro atoms. The first-order valence-electron chi connectivity index (χ1n) is 5.99. The zero-order valence-corrected chi connectivity index (χ0v) is 11.0. The van der Waals surface area contributed by atoms with Crippen molar-refractivity contribution in [2.24, 2.45) is 0 Å². The number of carboxylic acids is 1. The van der Waals surface area contributed by atoms with Gasteiger partial charge in [0, 0.05) is 12.0 Å². The molecule has 0 saturated heterocycles. The average molecular weight is 252 g/mol. The summed E-state index contributed by atoms with van der Waals surface area (Å²) in [5.41, 5.74) is 0.907. The number of aromatic hydroxyl groups is 2. The Morgan fingerprint density at radius 1 is 1.28 bits per heavy atom. The third-order valence-corrected chi connectivity index (χ3v) is 3.21. The molecule has 0 radical (unpaired) electrons. The zero-order valence-electron chi connectivity index (χ0n) is 11.0. The Morgan fingerprint density at radius 2 is 1.89 bits per heavy atom. The van der Waals surface area contributed by atoms with E-state index in [1.54, 1.807) is 13.0 Å². The van der Waals surface area contributed by atoms with Crippen molar-refractivity contribution in [2.45, 2.75) is 45.4 Å². The van der Waals surface area contributed by atoms with Crippen molar-refractivity contribution in [3.05, 3.63) is 23.3 Å². The number of aryl methyl sites for hydroxylation is 1. The minimum Gasteiger partial charge on any atom is -0.508 e. The van der Waals surface area contributed by atoms with E-state index in [2.05, 4.69) is 0 Å². The van der Waals surface area contributed by atoms with E-state index in [1.807, 2.05) is 13.8 Å². The number of phenols is 2. The Kier molecular flexibility index (Phi) is 4.22. The molecule has 0 aliphatic rings. The average Bonchev–Trinajstić information content (AvgIpc) is 2.22.